The van der Waals surface area contributed by atoms with Crippen LogP contribution in [-0.4, -0.2) is 27.9 Å². The standard InChI is InChI=1S/C13H15ClFN3O/c1-2-16-13(19)8-18-11-7-9(15)3-4-10(11)17-12(18)5-6-14/h3-4,7H,2,5-6,8H2,1H3,(H,16,19). The molecule has 0 aliphatic heterocycles. The maximum Gasteiger partial charge on any atom is 0.239 e. The third-order valence-electron chi connectivity index (χ3n) is 2.78. The molecule has 1 amide bonds. The maximum absolute atomic E-state index is 13.3. The summed E-state index contributed by atoms with van der Waals surface area (Å²) in [5, 5.41) is 2.72. The Morgan fingerprint density at radius 1 is 1.53 bits per heavy atom. The molecule has 1 aromatic heterocycles. The fourth-order valence-corrected chi connectivity index (χ4v) is 2.16. The number of nitrogens with one attached hydrogen (secondary N) is 1. The largest absolute Gasteiger partial charge is 0.355 e. The Balaban J connectivity index is 2.44. The summed E-state index contributed by atoms with van der Waals surface area (Å²) in [5.41, 5.74) is 1.29. The second-order valence-electron chi connectivity index (χ2n) is 4.14. The first-order chi connectivity index (χ1) is 9.15. The molecule has 0 fully saturated rings. The number of hydrogen-bond acceptors (Lipinski definition) is 2. The van der Waals surface area contributed by atoms with Crippen LogP contribution in [0, 0.1) is 5.82 Å². The molecule has 0 atom stereocenters. The molecule has 1 aromatic carbocycles. The van der Waals surface area contributed by atoms with Crippen LogP contribution >= 0.6 is 11.6 Å². The average molecular weight is 284 g/mol. The monoisotopic (exact) mass is 283 g/mol. The van der Waals surface area contributed by atoms with Crippen molar-refractivity contribution >= 4 is 28.5 Å². The lowest BCUT2D eigenvalue weighted by molar-refractivity contribution is -0.121. The van der Waals surface area contributed by atoms with Gasteiger partial charge >= 0.3 is 0 Å². The normalized spacial score (nSPS) is 10.9. The van der Waals surface area contributed by atoms with Gasteiger partial charge < -0.3 is 9.88 Å². The molecule has 19 heavy (non-hydrogen) atoms. The molecule has 1 N–H and O–H groups in total. The molecule has 0 spiro atoms. The van der Waals surface area contributed by atoms with E-state index in [4.69, 9.17) is 11.6 Å². The van der Waals surface area contributed by atoms with Gasteiger partial charge in [0, 0.05) is 18.8 Å². The number of aromatic nitrogens is 2. The molecule has 102 valence electrons. The van der Waals surface area contributed by atoms with Crippen LogP contribution in [0.15, 0.2) is 18.2 Å². The third-order valence-corrected chi connectivity index (χ3v) is 2.97. The number of fused-ring (bicyclic) bond motifs is 1. The van der Waals surface area contributed by atoms with Crippen molar-refractivity contribution in [3.05, 3.63) is 29.8 Å². The topological polar surface area (TPSA) is 46.9 Å². The van der Waals surface area contributed by atoms with Crippen molar-refractivity contribution in [2.75, 3.05) is 12.4 Å². The highest BCUT2D eigenvalue weighted by Gasteiger charge is 2.13. The van der Waals surface area contributed by atoms with Crippen molar-refractivity contribution in [1.82, 2.24) is 14.9 Å². The number of nitrogens with zero attached hydrogens (tertiary/aromatic N) is 2. The molecule has 0 unspecified atom stereocenters. The van der Waals surface area contributed by atoms with E-state index < -0.39 is 0 Å². The molecule has 0 saturated carbocycles. The summed E-state index contributed by atoms with van der Waals surface area (Å²) < 4.78 is 15.0. The van der Waals surface area contributed by atoms with Gasteiger partial charge in [-0.15, -0.1) is 11.6 Å². The van der Waals surface area contributed by atoms with E-state index in [1.807, 2.05) is 6.92 Å². The van der Waals surface area contributed by atoms with Crippen LogP contribution in [0.25, 0.3) is 11.0 Å². The molecule has 4 nitrogen and oxygen atoms in total. The van der Waals surface area contributed by atoms with E-state index in [2.05, 4.69) is 10.3 Å². The summed E-state index contributed by atoms with van der Waals surface area (Å²) in [5.74, 6) is 0.631. The molecular weight excluding hydrogens is 269 g/mol. The SMILES string of the molecule is CCNC(=O)Cn1c(CCCl)nc2ccc(F)cc21. The first-order valence-electron chi connectivity index (χ1n) is 6.13. The first kappa shape index (κ1) is 13.8. The molecule has 1 heterocycles. The Labute approximate surface area is 115 Å². The van der Waals surface area contributed by atoms with E-state index in [1.165, 1.54) is 12.1 Å². The lowest BCUT2D eigenvalue weighted by atomic mass is 10.3. The number of imidazole rings is 1. The van der Waals surface area contributed by atoms with Gasteiger partial charge in [-0.05, 0) is 25.1 Å². The van der Waals surface area contributed by atoms with Gasteiger partial charge in [0.05, 0.1) is 11.0 Å². The lowest BCUT2D eigenvalue weighted by Crippen LogP contribution is -2.27. The van der Waals surface area contributed by atoms with E-state index in [9.17, 15) is 9.18 Å². The number of carbonyl (C=O) groups is 1. The van der Waals surface area contributed by atoms with Crippen molar-refractivity contribution in [1.29, 1.82) is 0 Å². The van der Waals surface area contributed by atoms with Crippen molar-refractivity contribution < 1.29 is 9.18 Å². The fourth-order valence-electron chi connectivity index (χ4n) is 1.99. The summed E-state index contributed by atoms with van der Waals surface area (Å²) in [7, 11) is 0. The Hall–Kier alpha value is -1.62. The van der Waals surface area contributed by atoms with E-state index in [0.29, 0.717) is 35.7 Å². The van der Waals surface area contributed by atoms with Gasteiger partial charge in [-0.3, -0.25) is 4.79 Å². The van der Waals surface area contributed by atoms with Crippen LogP contribution in [-0.2, 0) is 17.8 Å². The quantitative estimate of drug-likeness (QED) is 0.854. The van der Waals surface area contributed by atoms with Gasteiger partial charge in [0.15, 0.2) is 0 Å². The molecule has 2 aromatic rings. The smallest absolute Gasteiger partial charge is 0.239 e. The van der Waals surface area contributed by atoms with Crippen molar-refractivity contribution in [2.24, 2.45) is 0 Å². The van der Waals surface area contributed by atoms with Crippen LogP contribution < -0.4 is 5.32 Å². The van der Waals surface area contributed by atoms with Crippen LogP contribution in [0.5, 0.6) is 0 Å². The minimum atomic E-state index is -0.345. The Morgan fingerprint density at radius 2 is 2.32 bits per heavy atom. The van der Waals surface area contributed by atoms with Crippen molar-refractivity contribution in [3.63, 3.8) is 0 Å². The highest BCUT2D eigenvalue weighted by molar-refractivity contribution is 6.17. The van der Waals surface area contributed by atoms with Crippen molar-refractivity contribution in [2.45, 2.75) is 19.9 Å². The predicted octanol–water partition coefficient (Wildman–Crippen LogP) is 2.09. The predicted molar refractivity (Wildman–Crippen MR) is 72.8 cm³/mol. The summed E-state index contributed by atoms with van der Waals surface area (Å²) in [6.07, 6.45) is 0.539. The molecular formula is C13H15ClFN3O. The highest BCUT2D eigenvalue weighted by atomic mass is 35.5. The summed E-state index contributed by atoms with van der Waals surface area (Å²) >= 11 is 5.74. The van der Waals surface area contributed by atoms with E-state index in [-0.39, 0.29) is 18.3 Å². The number of alkyl halides is 1. The molecule has 0 saturated heterocycles. The van der Waals surface area contributed by atoms with Crippen LogP contribution in [0.1, 0.15) is 12.7 Å². The zero-order valence-electron chi connectivity index (χ0n) is 10.6. The van der Waals surface area contributed by atoms with Gasteiger partial charge in [-0.2, -0.15) is 0 Å². The molecule has 0 aliphatic rings. The first-order valence-corrected chi connectivity index (χ1v) is 6.66. The maximum atomic E-state index is 13.3. The minimum absolute atomic E-state index is 0.123. The lowest BCUT2D eigenvalue weighted by Gasteiger charge is -2.08. The number of rotatable bonds is 5. The Bertz CT molecular complexity index is 597. The second-order valence-corrected chi connectivity index (χ2v) is 4.52. The van der Waals surface area contributed by atoms with E-state index in [1.54, 1.807) is 10.6 Å². The van der Waals surface area contributed by atoms with Crippen LogP contribution in [0.4, 0.5) is 4.39 Å². The number of aryl methyl sites for hydroxylation is 1. The van der Waals surface area contributed by atoms with Gasteiger partial charge in [0.2, 0.25) is 5.91 Å². The Morgan fingerprint density at radius 3 is 3.00 bits per heavy atom. The molecule has 6 heteroatoms. The average Bonchev–Trinajstić information content (AvgIpc) is 2.68. The zero-order chi connectivity index (χ0) is 13.8. The molecule has 2 rings (SSSR count). The number of benzene rings is 1. The summed E-state index contributed by atoms with van der Waals surface area (Å²) in [4.78, 5) is 16.1. The molecule has 0 aliphatic carbocycles. The number of amides is 1. The summed E-state index contributed by atoms with van der Waals surface area (Å²) in [6.45, 7) is 2.54. The van der Waals surface area contributed by atoms with Gasteiger partial charge in [-0.25, -0.2) is 9.37 Å². The fraction of sp³-hybridized carbons (Fsp3) is 0.385. The second kappa shape index (κ2) is 6.02. The van der Waals surface area contributed by atoms with Crippen LogP contribution in [0.2, 0.25) is 0 Å². The number of carbonyl (C=O) groups excluding carboxylic acids is 1. The number of likely N-dealkylation sites (N-methyl/N-ethyl adjacent to an activating group) is 1. The van der Waals surface area contributed by atoms with E-state index in [0.717, 1.165) is 0 Å². The molecule has 0 bridgehead atoms. The zero-order valence-corrected chi connectivity index (χ0v) is 11.4. The summed E-state index contributed by atoms with van der Waals surface area (Å²) in [6, 6.07) is 4.35. The molecule has 0 radical (unpaired) electrons. The highest BCUT2D eigenvalue weighted by Crippen LogP contribution is 2.18. The van der Waals surface area contributed by atoms with Crippen LogP contribution in [0.3, 0.4) is 0 Å². The Kier molecular flexibility index (Phi) is 4.37. The van der Waals surface area contributed by atoms with Gasteiger partial charge in [-0.1, -0.05) is 0 Å². The van der Waals surface area contributed by atoms with Gasteiger partial charge in [0.1, 0.15) is 18.2 Å². The van der Waals surface area contributed by atoms with E-state index >= 15 is 0 Å². The number of hydrogen-bond donors (Lipinski definition) is 1. The third kappa shape index (κ3) is 3.04. The van der Waals surface area contributed by atoms with Gasteiger partial charge in [0.25, 0.3) is 0 Å². The number of halogens is 2. The van der Waals surface area contributed by atoms with Crippen molar-refractivity contribution in [3.8, 4) is 0 Å². The minimum Gasteiger partial charge on any atom is -0.355 e.